The number of aryl methyl sites for hydroxylation is 1. The highest BCUT2D eigenvalue weighted by Gasteiger charge is 2.36. The van der Waals surface area contributed by atoms with E-state index in [0.29, 0.717) is 54.7 Å². The van der Waals surface area contributed by atoms with Gasteiger partial charge in [-0.2, -0.15) is 4.31 Å². The summed E-state index contributed by atoms with van der Waals surface area (Å²) < 4.78 is 34.4. The second-order valence-corrected chi connectivity index (χ2v) is 11.3. The molecule has 0 bridgehead atoms. The van der Waals surface area contributed by atoms with Crippen LogP contribution in [0.5, 0.6) is 0 Å². The molecule has 2 aliphatic heterocycles. The molecule has 0 unspecified atom stereocenters. The van der Waals surface area contributed by atoms with Gasteiger partial charge in [0.2, 0.25) is 21.8 Å². The van der Waals surface area contributed by atoms with E-state index in [1.54, 1.807) is 24.0 Å². The number of fused-ring (bicyclic) bond motifs is 1. The second-order valence-electron chi connectivity index (χ2n) is 8.49. The van der Waals surface area contributed by atoms with Crippen LogP contribution in [-0.4, -0.2) is 44.2 Å². The van der Waals surface area contributed by atoms with Crippen molar-refractivity contribution in [1.29, 1.82) is 0 Å². The number of nitrogens with one attached hydrogen (secondary N) is 1. The molecule has 1 aromatic heterocycles. The van der Waals surface area contributed by atoms with Crippen LogP contribution in [0.25, 0.3) is 0 Å². The number of sulfonamides is 1. The van der Waals surface area contributed by atoms with Gasteiger partial charge in [0.05, 0.1) is 17.4 Å². The van der Waals surface area contributed by atoms with E-state index in [1.807, 2.05) is 19.1 Å². The topological polar surface area (TPSA) is 99.9 Å². The molecule has 4 rings (SSSR count). The Kier molecular flexibility index (Phi) is 6.97. The summed E-state index contributed by atoms with van der Waals surface area (Å²) in [5.41, 5.74) is 1.61. The van der Waals surface area contributed by atoms with E-state index >= 15 is 0 Å². The number of nitrogens with zero attached hydrogens (tertiary/aromatic N) is 2. The fourth-order valence-corrected chi connectivity index (χ4v) is 7.04. The molecule has 2 aliphatic rings. The minimum atomic E-state index is -3.85. The number of anilines is 1. The van der Waals surface area contributed by atoms with Gasteiger partial charge in [0, 0.05) is 36.2 Å². The number of halogens is 1. The summed E-state index contributed by atoms with van der Waals surface area (Å²) in [5.74, 6) is 0.788. The highest BCUT2D eigenvalue weighted by atomic mass is 79.9. The molecule has 0 saturated carbocycles. The van der Waals surface area contributed by atoms with Crippen molar-refractivity contribution >= 4 is 43.5 Å². The Morgan fingerprint density at radius 2 is 2.03 bits per heavy atom. The van der Waals surface area contributed by atoms with Crippen LogP contribution < -0.4 is 10.2 Å². The van der Waals surface area contributed by atoms with Crippen LogP contribution in [0.4, 0.5) is 5.69 Å². The summed E-state index contributed by atoms with van der Waals surface area (Å²) in [5, 5.41) is 2.86. The number of furan rings is 1. The van der Waals surface area contributed by atoms with E-state index in [0.717, 1.165) is 11.3 Å². The first-order valence-corrected chi connectivity index (χ1v) is 13.4. The first kappa shape index (κ1) is 24.0. The zero-order valence-electron chi connectivity index (χ0n) is 18.8. The van der Waals surface area contributed by atoms with Crippen LogP contribution in [-0.2, 0) is 32.6 Å². The Balaban J connectivity index is 1.51. The van der Waals surface area contributed by atoms with Crippen molar-refractivity contribution in [3.05, 3.63) is 45.8 Å². The maximum Gasteiger partial charge on any atom is 0.244 e. The van der Waals surface area contributed by atoms with E-state index in [4.69, 9.17) is 4.42 Å². The lowest BCUT2D eigenvalue weighted by atomic mass is 9.99. The lowest BCUT2D eigenvalue weighted by Gasteiger charge is -2.31. The predicted molar refractivity (Wildman–Crippen MR) is 127 cm³/mol. The van der Waals surface area contributed by atoms with Crippen LogP contribution in [0.1, 0.15) is 43.3 Å². The normalized spacial score (nSPS) is 18.9. The number of carbonyl (C=O) groups excluding carboxylic acids is 2. The number of hydrogen-bond donors (Lipinski definition) is 1. The van der Waals surface area contributed by atoms with Gasteiger partial charge in [0.15, 0.2) is 0 Å². The SMILES string of the molecule is CCC(=O)N1CCc2cc(Br)c(S(=O)(=O)N3CCC[C@@H](C(=O)NCc4ccc(C)o4)C3)cc21. The van der Waals surface area contributed by atoms with E-state index < -0.39 is 15.9 Å². The molecule has 1 N–H and O–H groups in total. The fraction of sp³-hybridized carbons (Fsp3) is 0.478. The Morgan fingerprint density at radius 1 is 1.24 bits per heavy atom. The number of hydrogen-bond acceptors (Lipinski definition) is 5. The quantitative estimate of drug-likeness (QED) is 0.608. The van der Waals surface area contributed by atoms with Gasteiger partial charge in [-0.25, -0.2) is 8.42 Å². The van der Waals surface area contributed by atoms with Gasteiger partial charge < -0.3 is 14.6 Å². The number of benzene rings is 1. The smallest absolute Gasteiger partial charge is 0.244 e. The molecule has 10 heteroatoms. The first-order valence-electron chi connectivity index (χ1n) is 11.2. The van der Waals surface area contributed by atoms with Crippen LogP contribution >= 0.6 is 15.9 Å². The summed E-state index contributed by atoms with van der Waals surface area (Å²) >= 11 is 3.42. The van der Waals surface area contributed by atoms with Gasteiger partial charge in [-0.15, -0.1) is 0 Å². The summed E-state index contributed by atoms with van der Waals surface area (Å²) in [6, 6.07) is 7.04. The van der Waals surface area contributed by atoms with Crippen LogP contribution in [0.15, 0.2) is 38.1 Å². The zero-order chi connectivity index (χ0) is 23.8. The molecule has 8 nitrogen and oxygen atoms in total. The summed E-state index contributed by atoms with van der Waals surface area (Å²) in [7, 11) is -3.85. The fourth-order valence-electron chi connectivity index (χ4n) is 4.45. The van der Waals surface area contributed by atoms with Crippen molar-refractivity contribution in [2.75, 3.05) is 24.5 Å². The summed E-state index contributed by atoms with van der Waals surface area (Å²) in [4.78, 5) is 26.8. The van der Waals surface area contributed by atoms with Crippen LogP contribution in [0, 0.1) is 12.8 Å². The van der Waals surface area contributed by atoms with Crippen molar-refractivity contribution in [1.82, 2.24) is 9.62 Å². The number of carbonyl (C=O) groups is 2. The highest BCUT2D eigenvalue weighted by molar-refractivity contribution is 9.10. The number of piperidine rings is 1. The Labute approximate surface area is 202 Å². The van der Waals surface area contributed by atoms with Crippen molar-refractivity contribution < 1.29 is 22.4 Å². The third-order valence-electron chi connectivity index (χ3n) is 6.24. The molecule has 1 fully saturated rings. The monoisotopic (exact) mass is 537 g/mol. The van der Waals surface area contributed by atoms with Gasteiger partial charge in [-0.05, 0) is 71.9 Å². The van der Waals surface area contributed by atoms with E-state index in [1.165, 1.54) is 4.31 Å². The number of rotatable bonds is 6. The minimum absolute atomic E-state index is 0.0270. The largest absolute Gasteiger partial charge is 0.465 e. The third-order valence-corrected chi connectivity index (χ3v) is 9.06. The second kappa shape index (κ2) is 9.60. The number of amides is 2. The van der Waals surface area contributed by atoms with Gasteiger partial charge in [-0.3, -0.25) is 9.59 Å². The Bertz CT molecular complexity index is 1180. The van der Waals surface area contributed by atoms with E-state index in [2.05, 4.69) is 21.2 Å². The zero-order valence-corrected chi connectivity index (χ0v) is 21.2. The Morgan fingerprint density at radius 3 is 2.73 bits per heavy atom. The molecule has 0 spiro atoms. The third kappa shape index (κ3) is 4.88. The maximum absolute atomic E-state index is 13.6. The molecule has 0 radical (unpaired) electrons. The molecule has 0 aliphatic carbocycles. The van der Waals surface area contributed by atoms with Crippen molar-refractivity contribution in [3.63, 3.8) is 0 Å². The van der Waals surface area contributed by atoms with E-state index in [-0.39, 0.29) is 29.8 Å². The Hall–Kier alpha value is -2.17. The van der Waals surface area contributed by atoms with Crippen molar-refractivity contribution in [2.45, 2.75) is 51.0 Å². The molecule has 1 aromatic carbocycles. The average Bonchev–Trinajstić information content (AvgIpc) is 3.41. The lowest BCUT2D eigenvalue weighted by Crippen LogP contribution is -2.45. The molecular weight excluding hydrogens is 510 g/mol. The molecule has 2 amide bonds. The van der Waals surface area contributed by atoms with Gasteiger partial charge in [0.25, 0.3) is 0 Å². The van der Waals surface area contributed by atoms with Gasteiger partial charge >= 0.3 is 0 Å². The molecule has 178 valence electrons. The molecular formula is C23H28BrN3O5S. The molecule has 2 aromatic rings. The van der Waals surface area contributed by atoms with Crippen molar-refractivity contribution in [2.24, 2.45) is 5.92 Å². The minimum Gasteiger partial charge on any atom is -0.465 e. The maximum atomic E-state index is 13.6. The average molecular weight is 538 g/mol. The summed E-state index contributed by atoms with van der Waals surface area (Å²) in [6.07, 6.45) is 2.28. The van der Waals surface area contributed by atoms with E-state index in [9.17, 15) is 18.0 Å². The van der Waals surface area contributed by atoms with Gasteiger partial charge in [-0.1, -0.05) is 6.92 Å². The van der Waals surface area contributed by atoms with Crippen LogP contribution in [0.2, 0.25) is 0 Å². The standard InChI is InChI=1S/C23H28BrN3O5S/c1-3-22(28)27-10-8-16-11-19(24)21(12-20(16)27)33(30,31)26-9-4-5-17(14-26)23(29)25-13-18-7-6-15(2)32-18/h6-7,11-12,17H,3-5,8-10,13-14H2,1-2H3,(H,25,29)/t17-/m1/s1. The van der Waals surface area contributed by atoms with Gasteiger partial charge in [0.1, 0.15) is 11.5 Å². The lowest BCUT2D eigenvalue weighted by molar-refractivity contribution is -0.126. The molecule has 3 heterocycles. The summed E-state index contributed by atoms with van der Waals surface area (Å²) in [6.45, 7) is 4.93. The molecule has 1 saturated heterocycles. The predicted octanol–water partition coefficient (Wildman–Crippen LogP) is 3.37. The molecule has 1 atom stereocenters. The molecule has 33 heavy (non-hydrogen) atoms. The first-order chi connectivity index (χ1) is 15.7. The van der Waals surface area contributed by atoms with Crippen molar-refractivity contribution in [3.8, 4) is 0 Å². The highest BCUT2D eigenvalue weighted by Crippen LogP contribution is 2.37. The van der Waals surface area contributed by atoms with Crippen LogP contribution in [0.3, 0.4) is 0 Å².